The lowest BCUT2D eigenvalue weighted by molar-refractivity contribution is -0.143. The van der Waals surface area contributed by atoms with Gasteiger partial charge in [0.1, 0.15) is 0 Å². The zero-order valence-corrected chi connectivity index (χ0v) is 11.2. The molecule has 0 aliphatic rings. The quantitative estimate of drug-likeness (QED) is 0.882. The van der Waals surface area contributed by atoms with E-state index in [2.05, 4.69) is 26.1 Å². The number of hydrogen-bond acceptors (Lipinski definition) is 1. The maximum atomic E-state index is 12.6. The van der Waals surface area contributed by atoms with Gasteiger partial charge in [-0.2, -0.15) is 8.78 Å². The lowest BCUT2D eigenvalue weighted by atomic mass is 9.87. The first-order chi connectivity index (χ1) is 8.10. The van der Waals surface area contributed by atoms with Gasteiger partial charge in [-0.15, -0.1) is 0 Å². The Labute approximate surface area is 106 Å². The van der Waals surface area contributed by atoms with Gasteiger partial charge in [0.15, 0.2) is 0 Å². The minimum Gasteiger partial charge on any atom is -0.347 e. The molecule has 0 saturated heterocycles. The van der Waals surface area contributed by atoms with Crippen LogP contribution in [0, 0.1) is 0 Å². The van der Waals surface area contributed by atoms with E-state index in [9.17, 15) is 13.6 Å². The SMILES string of the molecule is CC(F)(F)C(=O)NCc1ccc(C(C)(C)C)cc1. The van der Waals surface area contributed by atoms with Crippen LogP contribution in [0.4, 0.5) is 8.78 Å². The van der Waals surface area contributed by atoms with Crippen molar-refractivity contribution < 1.29 is 13.6 Å². The highest BCUT2D eigenvalue weighted by molar-refractivity contribution is 5.82. The Hall–Kier alpha value is -1.45. The summed E-state index contributed by atoms with van der Waals surface area (Å²) in [6, 6.07) is 7.58. The first kappa shape index (κ1) is 14.6. The maximum absolute atomic E-state index is 12.6. The summed E-state index contributed by atoms with van der Waals surface area (Å²) >= 11 is 0. The molecule has 0 aromatic heterocycles. The molecule has 0 bridgehead atoms. The number of alkyl halides is 2. The molecule has 4 heteroatoms. The minimum atomic E-state index is -3.33. The number of rotatable bonds is 3. The molecule has 0 heterocycles. The third-order valence-electron chi connectivity index (χ3n) is 2.67. The molecule has 0 radical (unpaired) electrons. The van der Waals surface area contributed by atoms with E-state index in [-0.39, 0.29) is 12.0 Å². The Bertz CT molecular complexity index is 413. The van der Waals surface area contributed by atoms with Crippen molar-refractivity contribution in [2.75, 3.05) is 0 Å². The van der Waals surface area contributed by atoms with E-state index >= 15 is 0 Å². The molecular formula is C14H19F2NO. The Morgan fingerprint density at radius 3 is 2.00 bits per heavy atom. The van der Waals surface area contributed by atoms with Crippen LogP contribution < -0.4 is 5.32 Å². The molecule has 1 aromatic rings. The summed E-state index contributed by atoms with van der Waals surface area (Å²) in [5.74, 6) is -4.58. The first-order valence-corrected chi connectivity index (χ1v) is 5.86. The zero-order chi connectivity index (χ0) is 14.0. The Morgan fingerprint density at radius 2 is 1.61 bits per heavy atom. The fraction of sp³-hybridized carbons (Fsp3) is 0.500. The highest BCUT2D eigenvalue weighted by Crippen LogP contribution is 2.22. The molecule has 0 fully saturated rings. The molecule has 1 aromatic carbocycles. The zero-order valence-electron chi connectivity index (χ0n) is 11.2. The molecule has 2 nitrogen and oxygen atoms in total. The molecule has 0 atom stereocenters. The topological polar surface area (TPSA) is 29.1 Å². The predicted octanol–water partition coefficient (Wildman–Crippen LogP) is 3.26. The third-order valence-corrected chi connectivity index (χ3v) is 2.67. The van der Waals surface area contributed by atoms with Crippen molar-refractivity contribution in [3.63, 3.8) is 0 Å². The third kappa shape index (κ3) is 4.09. The maximum Gasteiger partial charge on any atom is 0.321 e. The van der Waals surface area contributed by atoms with Crippen LogP contribution in [0.15, 0.2) is 24.3 Å². The highest BCUT2D eigenvalue weighted by Gasteiger charge is 2.31. The summed E-state index contributed by atoms with van der Waals surface area (Å²) in [6.07, 6.45) is 0. The number of carbonyl (C=O) groups excluding carboxylic acids is 1. The fourth-order valence-corrected chi connectivity index (χ4v) is 1.46. The largest absolute Gasteiger partial charge is 0.347 e. The normalized spacial score (nSPS) is 12.3. The number of carbonyl (C=O) groups is 1. The summed E-state index contributed by atoms with van der Waals surface area (Å²) in [7, 11) is 0. The van der Waals surface area contributed by atoms with Crippen LogP contribution in [0.3, 0.4) is 0 Å². The van der Waals surface area contributed by atoms with Crippen molar-refractivity contribution in [2.24, 2.45) is 0 Å². The lowest BCUT2D eigenvalue weighted by Crippen LogP contribution is -2.37. The Kier molecular flexibility index (Phi) is 4.09. The summed E-state index contributed by atoms with van der Waals surface area (Å²) < 4.78 is 25.3. The average Bonchev–Trinajstić information content (AvgIpc) is 2.24. The van der Waals surface area contributed by atoms with E-state index in [1.54, 1.807) is 0 Å². The number of hydrogen-bond donors (Lipinski definition) is 1. The van der Waals surface area contributed by atoms with E-state index in [0.717, 1.165) is 5.56 Å². The number of nitrogens with one attached hydrogen (secondary N) is 1. The number of amides is 1. The van der Waals surface area contributed by atoms with Crippen molar-refractivity contribution in [1.82, 2.24) is 5.32 Å². The summed E-state index contributed by atoms with van der Waals surface area (Å²) in [5.41, 5.74) is 2.03. The lowest BCUT2D eigenvalue weighted by Gasteiger charge is -2.19. The molecule has 0 spiro atoms. The van der Waals surface area contributed by atoms with Crippen molar-refractivity contribution in [3.8, 4) is 0 Å². The summed E-state index contributed by atoms with van der Waals surface area (Å²) in [4.78, 5) is 11.0. The van der Waals surface area contributed by atoms with Crippen molar-refractivity contribution in [2.45, 2.75) is 45.6 Å². The van der Waals surface area contributed by atoms with Crippen LogP contribution in [-0.2, 0) is 16.8 Å². The van der Waals surface area contributed by atoms with Crippen LogP contribution in [-0.4, -0.2) is 11.8 Å². The first-order valence-electron chi connectivity index (χ1n) is 5.86. The van der Waals surface area contributed by atoms with Crippen molar-refractivity contribution in [3.05, 3.63) is 35.4 Å². The van der Waals surface area contributed by atoms with Gasteiger partial charge in [0.05, 0.1) is 0 Å². The van der Waals surface area contributed by atoms with Gasteiger partial charge < -0.3 is 5.32 Å². The van der Waals surface area contributed by atoms with Crippen LogP contribution in [0.2, 0.25) is 0 Å². The van der Waals surface area contributed by atoms with Crippen LogP contribution in [0.5, 0.6) is 0 Å². The second-order valence-corrected chi connectivity index (χ2v) is 5.52. The van der Waals surface area contributed by atoms with E-state index in [0.29, 0.717) is 6.92 Å². The van der Waals surface area contributed by atoms with Crippen molar-refractivity contribution in [1.29, 1.82) is 0 Å². The Balaban J connectivity index is 2.63. The van der Waals surface area contributed by atoms with Crippen molar-refractivity contribution >= 4 is 5.91 Å². The van der Waals surface area contributed by atoms with E-state index in [1.807, 2.05) is 24.3 Å². The van der Waals surface area contributed by atoms with Gasteiger partial charge in [-0.3, -0.25) is 4.79 Å². The van der Waals surface area contributed by atoms with E-state index in [4.69, 9.17) is 0 Å². The molecule has 1 amide bonds. The molecule has 0 aliphatic carbocycles. The van der Waals surface area contributed by atoms with Crippen LogP contribution in [0.1, 0.15) is 38.8 Å². The van der Waals surface area contributed by atoms with Gasteiger partial charge in [-0.1, -0.05) is 45.0 Å². The average molecular weight is 255 g/mol. The van der Waals surface area contributed by atoms with Gasteiger partial charge in [-0.05, 0) is 16.5 Å². The van der Waals surface area contributed by atoms with E-state index < -0.39 is 11.8 Å². The van der Waals surface area contributed by atoms with Crippen LogP contribution in [0.25, 0.3) is 0 Å². The van der Waals surface area contributed by atoms with E-state index in [1.165, 1.54) is 5.56 Å². The second-order valence-electron chi connectivity index (χ2n) is 5.52. The molecule has 1 rings (SSSR count). The van der Waals surface area contributed by atoms with Gasteiger partial charge in [0.2, 0.25) is 0 Å². The molecule has 18 heavy (non-hydrogen) atoms. The molecule has 1 N–H and O–H groups in total. The highest BCUT2D eigenvalue weighted by atomic mass is 19.3. The van der Waals surface area contributed by atoms with Gasteiger partial charge in [0.25, 0.3) is 5.91 Å². The number of benzene rings is 1. The molecule has 0 aliphatic heterocycles. The summed E-state index contributed by atoms with van der Waals surface area (Å²) in [6.45, 7) is 7.00. The summed E-state index contributed by atoms with van der Waals surface area (Å²) in [5, 5.41) is 2.21. The molecule has 100 valence electrons. The van der Waals surface area contributed by atoms with Crippen LogP contribution >= 0.6 is 0 Å². The van der Waals surface area contributed by atoms with Gasteiger partial charge >= 0.3 is 5.92 Å². The standard InChI is InChI=1S/C14H19F2NO/c1-13(2,3)11-7-5-10(6-8-11)9-17-12(18)14(4,15)16/h5-8H,9H2,1-4H3,(H,17,18). The second kappa shape index (κ2) is 5.04. The van der Waals surface area contributed by atoms with Gasteiger partial charge in [-0.25, -0.2) is 0 Å². The number of halogens is 2. The molecular weight excluding hydrogens is 236 g/mol. The smallest absolute Gasteiger partial charge is 0.321 e. The predicted molar refractivity (Wildman–Crippen MR) is 67.6 cm³/mol. The fourth-order valence-electron chi connectivity index (χ4n) is 1.46. The monoisotopic (exact) mass is 255 g/mol. The minimum absolute atomic E-state index is 0.0538. The molecule has 0 unspecified atom stereocenters. The molecule has 0 saturated carbocycles. The van der Waals surface area contributed by atoms with Gasteiger partial charge in [0, 0.05) is 13.5 Å². The Morgan fingerprint density at radius 1 is 1.11 bits per heavy atom.